The van der Waals surface area contributed by atoms with E-state index in [-0.39, 0.29) is 0 Å². The molecule has 0 radical (unpaired) electrons. The summed E-state index contributed by atoms with van der Waals surface area (Å²) in [6.07, 6.45) is 8.43. The van der Waals surface area contributed by atoms with Crippen LogP contribution in [0, 0.1) is 5.41 Å². The van der Waals surface area contributed by atoms with Gasteiger partial charge in [-0.15, -0.1) is 0 Å². The fourth-order valence-electron chi connectivity index (χ4n) is 2.99. The summed E-state index contributed by atoms with van der Waals surface area (Å²) >= 11 is 5.98. The molecule has 1 saturated carbocycles. The number of halogens is 1. The van der Waals surface area contributed by atoms with E-state index < -0.39 is 0 Å². The number of fused-ring (bicyclic) bond motifs is 1. The summed E-state index contributed by atoms with van der Waals surface area (Å²) in [4.78, 5) is 4.35. The molecular weight excluding hydrogens is 234 g/mol. The SMILES string of the molecule is Clc1cnc2c(c1)NCC1(CCCCC1)CN2. The van der Waals surface area contributed by atoms with E-state index in [1.807, 2.05) is 6.07 Å². The van der Waals surface area contributed by atoms with E-state index in [4.69, 9.17) is 11.6 Å². The first-order valence-corrected chi connectivity index (χ1v) is 6.79. The van der Waals surface area contributed by atoms with E-state index in [1.165, 1.54) is 32.1 Å². The van der Waals surface area contributed by atoms with Crippen molar-refractivity contribution < 1.29 is 0 Å². The molecule has 2 heterocycles. The Labute approximate surface area is 107 Å². The molecule has 1 aliphatic heterocycles. The van der Waals surface area contributed by atoms with Crippen LogP contribution in [0.1, 0.15) is 32.1 Å². The van der Waals surface area contributed by atoms with Crippen LogP contribution in [0.2, 0.25) is 5.02 Å². The van der Waals surface area contributed by atoms with Crippen molar-refractivity contribution in [3.8, 4) is 0 Å². The van der Waals surface area contributed by atoms with Crippen molar-refractivity contribution in [1.29, 1.82) is 0 Å². The lowest BCUT2D eigenvalue weighted by Crippen LogP contribution is -2.36. The monoisotopic (exact) mass is 251 g/mol. The van der Waals surface area contributed by atoms with Gasteiger partial charge in [-0.1, -0.05) is 30.9 Å². The number of hydrogen-bond acceptors (Lipinski definition) is 3. The van der Waals surface area contributed by atoms with Gasteiger partial charge in [0.2, 0.25) is 0 Å². The van der Waals surface area contributed by atoms with Crippen LogP contribution in [0.25, 0.3) is 0 Å². The van der Waals surface area contributed by atoms with Gasteiger partial charge in [-0.3, -0.25) is 0 Å². The third-order valence-corrected chi connectivity index (χ3v) is 4.26. The van der Waals surface area contributed by atoms with Gasteiger partial charge in [-0.25, -0.2) is 4.98 Å². The molecule has 1 spiro atoms. The summed E-state index contributed by atoms with van der Waals surface area (Å²) in [6, 6.07) is 1.96. The molecule has 1 aromatic rings. The Hall–Kier alpha value is -0.960. The highest BCUT2D eigenvalue weighted by molar-refractivity contribution is 6.30. The van der Waals surface area contributed by atoms with Crippen molar-refractivity contribution in [2.24, 2.45) is 5.41 Å². The molecule has 0 atom stereocenters. The molecule has 92 valence electrons. The lowest BCUT2D eigenvalue weighted by atomic mass is 9.74. The van der Waals surface area contributed by atoms with E-state index in [2.05, 4.69) is 15.6 Å². The van der Waals surface area contributed by atoms with E-state index in [9.17, 15) is 0 Å². The topological polar surface area (TPSA) is 37.0 Å². The van der Waals surface area contributed by atoms with Crippen molar-refractivity contribution in [2.75, 3.05) is 23.7 Å². The van der Waals surface area contributed by atoms with Crippen molar-refractivity contribution in [3.05, 3.63) is 17.3 Å². The van der Waals surface area contributed by atoms with Gasteiger partial charge < -0.3 is 10.6 Å². The highest BCUT2D eigenvalue weighted by Gasteiger charge is 2.33. The molecule has 0 aromatic carbocycles. The van der Waals surface area contributed by atoms with E-state index in [1.54, 1.807) is 6.20 Å². The third-order valence-electron chi connectivity index (χ3n) is 4.05. The van der Waals surface area contributed by atoms with Gasteiger partial charge in [0.1, 0.15) is 5.82 Å². The molecule has 3 rings (SSSR count). The van der Waals surface area contributed by atoms with E-state index >= 15 is 0 Å². The van der Waals surface area contributed by atoms with Crippen LogP contribution < -0.4 is 10.6 Å². The lowest BCUT2D eigenvalue weighted by Gasteiger charge is -2.36. The average molecular weight is 252 g/mol. The predicted octanol–water partition coefficient (Wildman–Crippen LogP) is 3.52. The number of nitrogens with zero attached hydrogens (tertiary/aromatic N) is 1. The van der Waals surface area contributed by atoms with Crippen LogP contribution in [0.5, 0.6) is 0 Å². The maximum Gasteiger partial charge on any atom is 0.149 e. The molecule has 4 heteroatoms. The lowest BCUT2D eigenvalue weighted by molar-refractivity contribution is 0.224. The second-order valence-corrected chi connectivity index (χ2v) is 5.75. The summed E-state index contributed by atoms with van der Waals surface area (Å²) in [5.74, 6) is 0.942. The van der Waals surface area contributed by atoms with E-state index in [0.717, 1.165) is 24.6 Å². The minimum atomic E-state index is 0.408. The smallest absolute Gasteiger partial charge is 0.149 e. The number of nitrogens with one attached hydrogen (secondary N) is 2. The third kappa shape index (κ3) is 2.21. The summed E-state index contributed by atoms with van der Waals surface area (Å²) in [6.45, 7) is 2.07. The van der Waals surface area contributed by atoms with Crippen LogP contribution in [0.4, 0.5) is 11.5 Å². The molecule has 1 aliphatic carbocycles. The molecule has 17 heavy (non-hydrogen) atoms. The van der Waals surface area contributed by atoms with Crippen molar-refractivity contribution in [3.63, 3.8) is 0 Å². The Morgan fingerprint density at radius 3 is 2.71 bits per heavy atom. The maximum absolute atomic E-state index is 5.98. The van der Waals surface area contributed by atoms with Gasteiger partial charge in [-0.2, -0.15) is 0 Å². The first-order chi connectivity index (χ1) is 8.27. The summed E-state index contributed by atoms with van der Waals surface area (Å²) in [7, 11) is 0. The van der Waals surface area contributed by atoms with Gasteiger partial charge in [0.15, 0.2) is 0 Å². The second kappa shape index (κ2) is 4.37. The van der Waals surface area contributed by atoms with Crippen molar-refractivity contribution in [1.82, 2.24) is 4.98 Å². The summed E-state index contributed by atoms with van der Waals surface area (Å²) in [5, 5.41) is 7.69. The van der Waals surface area contributed by atoms with E-state index in [0.29, 0.717) is 10.4 Å². The van der Waals surface area contributed by atoms with Gasteiger partial charge >= 0.3 is 0 Å². The van der Waals surface area contributed by atoms with Crippen LogP contribution in [-0.2, 0) is 0 Å². The number of anilines is 2. The Kier molecular flexibility index (Phi) is 2.87. The first kappa shape index (κ1) is 11.1. The quantitative estimate of drug-likeness (QED) is 0.741. The highest BCUT2D eigenvalue weighted by Crippen LogP contribution is 2.39. The molecule has 0 bridgehead atoms. The van der Waals surface area contributed by atoms with Crippen LogP contribution in [-0.4, -0.2) is 18.1 Å². The standard InChI is InChI=1S/C13H18ClN3/c14-10-6-11-12(15-7-10)17-9-13(8-16-11)4-2-1-3-5-13/h6-7,16H,1-5,8-9H2,(H,15,17). The molecule has 3 nitrogen and oxygen atoms in total. The Morgan fingerprint density at radius 2 is 1.88 bits per heavy atom. The highest BCUT2D eigenvalue weighted by atomic mass is 35.5. The van der Waals surface area contributed by atoms with Gasteiger partial charge in [0, 0.05) is 24.7 Å². The number of hydrogen-bond donors (Lipinski definition) is 2. The Balaban J connectivity index is 1.82. The molecular formula is C13H18ClN3. The fraction of sp³-hybridized carbons (Fsp3) is 0.615. The predicted molar refractivity (Wildman–Crippen MR) is 71.7 cm³/mol. The Morgan fingerprint density at radius 1 is 1.12 bits per heavy atom. The molecule has 2 aliphatic rings. The minimum absolute atomic E-state index is 0.408. The van der Waals surface area contributed by atoms with Gasteiger partial charge in [-0.05, 0) is 18.9 Å². The Bertz CT molecular complexity index is 413. The zero-order chi connectivity index (χ0) is 11.7. The molecule has 0 saturated heterocycles. The molecule has 1 aromatic heterocycles. The average Bonchev–Trinajstić information content (AvgIpc) is 2.52. The summed E-state index contributed by atoms with van der Waals surface area (Å²) in [5.41, 5.74) is 1.45. The minimum Gasteiger partial charge on any atom is -0.381 e. The zero-order valence-electron chi connectivity index (χ0n) is 9.93. The number of pyridine rings is 1. The molecule has 0 unspecified atom stereocenters. The molecule has 1 fully saturated rings. The van der Waals surface area contributed by atoms with Crippen LogP contribution >= 0.6 is 11.6 Å². The number of aromatic nitrogens is 1. The number of rotatable bonds is 0. The molecule has 2 N–H and O–H groups in total. The maximum atomic E-state index is 5.98. The second-order valence-electron chi connectivity index (χ2n) is 5.32. The fourth-order valence-corrected chi connectivity index (χ4v) is 3.14. The first-order valence-electron chi connectivity index (χ1n) is 6.41. The van der Waals surface area contributed by atoms with Crippen molar-refractivity contribution in [2.45, 2.75) is 32.1 Å². The molecule has 0 amide bonds. The largest absolute Gasteiger partial charge is 0.381 e. The van der Waals surface area contributed by atoms with Crippen LogP contribution in [0.15, 0.2) is 12.3 Å². The zero-order valence-corrected chi connectivity index (χ0v) is 10.7. The normalized spacial score (nSPS) is 22.2. The van der Waals surface area contributed by atoms with Gasteiger partial charge in [0.25, 0.3) is 0 Å². The van der Waals surface area contributed by atoms with Crippen LogP contribution in [0.3, 0.4) is 0 Å². The van der Waals surface area contributed by atoms with Crippen molar-refractivity contribution >= 4 is 23.1 Å². The summed E-state index contributed by atoms with van der Waals surface area (Å²) < 4.78 is 0. The van der Waals surface area contributed by atoms with Gasteiger partial charge in [0.05, 0.1) is 10.7 Å².